The molecule has 3 N–H and O–H groups in total. The zero-order chi connectivity index (χ0) is 9.42. The lowest BCUT2D eigenvalue weighted by Gasteiger charge is -1.98. The molecule has 4 heteroatoms. The number of nitrogens with two attached hydrogens (primary N) is 1. The molecule has 0 fully saturated rings. The molecule has 0 aliphatic rings. The van der Waals surface area contributed by atoms with Gasteiger partial charge in [-0.3, -0.25) is 4.79 Å². The van der Waals surface area contributed by atoms with Crippen LogP contribution in [0.5, 0.6) is 5.75 Å². The monoisotopic (exact) mass is 193 g/mol. The van der Waals surface area contributed by atoms with Crippen molar-refractivity contribution in [1.82, 2.24) is 0 Å². The van der Waals surface area contributed by atoms with Crippen LogP contribution in [0.4, 0.5) is 5.69 Å². The summed E-state index contributed by atoms with van der Waals surface area (Å²) in [5, 5.41) is 11.6. The number of aldehydes is 1. The number of rotatable bonds is 1. The number of hydrogen-bond acceptors (Lipinski definition) is 4. The fraction of sp³-hybridized carbons (Fsp3) is 0. The van der Waals surface area contributed by atoms with Crippen molar-refractivity contribution in [3.05, 3.63) is 23.1 Å². The summed E-state index contributed by atoms with van der Waals surface area (Å²) in [4.78, 5) is 10.5. The fourth-order valence-corrected chi connectivity index (χ4v) is 2.17. The molecule has 3 nitrogen and oxygen atoms in total. The largest absolute Gasteiger partial charge is 0.506 e. The second-order valence-corrected chi connectivity index (χ2v) is 3.63. The van der Waals surface area contributed by atoms with Gasteiger partial charge in [0.2, 0.25) is 0 Å². The van der Waals surface area contributed by atoms with Gasteiger partial charge in [0.05, 0.1) is 5.39 Å². The third-order valence-electron chi connectivity index (χ3n) is 1.84. The summed E-state index contributed by atoms with van der Waals surface area (Å²) in [6.07, 6.45) is 0.743. The molecule has 2 rings (SSSR count). The lowest BCUT2D eigenvalue weighted by molar-refractivity contribution is 0.112. The van der Waals surface area contributed by atoms with Crippen LogP contribution in [-0.2, 0) is 0 Å². The maximum Gasteiger partial charge on any atom is 0.150 e. The highest BCUT2D eigenvalue weighted by molar-refractivity contribution is 7.17. The van der Waals surface area contributed by atoms with Crippen molar-refractivity contribution in [2.45, 2.75) is 0 Å². The number of anilines is 1. The predicted octanol–water partition coefficient (Wildman–Crippen LogP) is 2.00. The zero-order valence-electron chi connectivity index (χ0n) is 6.65. The smallest absolute Gasteiger partial charge is 0.150 e. The number of benzene rings is 1. The van der Waals surface area contributed by atoms with Crippen LogP contribution in [-0.4, -0.2) is 11.4 Å². The number of carbonyl (C=O) groups excluding carboxylic acids is 1. The van der Waals surface area contributed by atoms with Crippen molar-refractivity contribution in [2.24, 2.45) is 0 Å². The summed E-state index contributed by atoms with van der Waals surface area (Å²) in [6.45, 7) is 0. The van der Waals surface area contributed by atoms with Crippen molar-refractivity contribution in [1.29, 1.82) is 0 Å². The van der Waals surface area contributed by atoms with E-state index < -0.39 is 0 Å². The summed E-state index contributed by atoms with van der Waals surface area (Å²) in [5.41, 5.74) is 6.64. The molecule has 0 spiro atoms. The Hall–Kier alpha value is -1.55. The molecule has 2 aromatic rings. The van der Waals surface area contributed by atoms with Crippen LogP contribution in [0.25, 0.3) is 10.1 Å². The van der Waals surface area contributed by atoms with Gasteiger partial charge >= 0.3 is 0 Å². The molecule has 0 aliphatic carbocycles. The zero-order valence-corrected chi connectivity index (χ0v) is 7.47. The van der Waals surface area contributed by atoms with Gasteiger partial charge in [0.25, 0.3) is 0 Å². The SMILES string of the molecule is Nc1cc(C=O)cc2scc(O)c12. The summed E-state index contributed by atoms with van der Waals surface area (Å²) in [5.74, 6) is 0.176. The number of aromatic hydroxyl groups is 1. The molecule has 1 heterocycles. The van der Waals surface area contributed by atoms with Gasteiger partial charge in [-0.05, 0) is 12.1 Å². The first-order chi connectivity index (χ1) is 6.22. The highest BCUT2D eigenvalue weighted by Gasteiger charge is 2.07. The van der Waals surface area contributed by atoms with Crippen LogP contribution in [0.1, 0.15) is 10.4 Å². The van der Waals surface area contributed by atoms with Crippen molar-refractivity contribution < 1.29 is 9.90 Å². The van der Waals surface area contributed by atoms with Crippen molar-refractivity contribution in [2.75, 3.05) is 5.73 Å². The molecule has 0 aliphatic heterocycles. The second kappa shape index (κ2) is 2.74. The molecule has 13 heavy (non-hydrogen) atoms. The Morgan fingerprint density at radius 2 is 2.23 bits per heavy atom. The van der Waals surface area contributed by atoms with Gasteiger partial charge in [0.15, 0.2) is 0 Å². The Balaban J connectivity index is 2.86. The van der Waals surface area contributed by atoms with Gasteiger partial charge in [-0.1, -0.05) is 0 Å². The van der Waals surface area contributed by atoms with E-state index in [1.165, 1.54) is 11.3 Å². The van der Waals surface area contributed by atoms with E-state index in [1.807, 2.05) is 0 Å². The van der Waals surface area contributed by atoms with Crippen molar-refractivity contribution >= 4 is 33.4 Å². The average molecular weight is 193 g/mol. The number of thiophene rings is 1. The normalized spacial score (nSPS) is 10.5. The standard InChI is InChI=1S/C9H7NO2S/c10-6-1-5(3-11)2-8-9(6)7(12)4-13-8/h1-4,12H,10H2. The van der Waals surface area contributed by atoms with E-state index in [-0.39, 0.29) is 5.75 Å². The molecule has 0 amide bonds. The van der Waals surface area contributed by atoms with Crippen LogP contribution >= 0.6 is 11.3 Å². The topological polar surface area (TPSA) is 63.3 Å². The Bertz CT molecular complexity index is 476. The summed E-state index contributed by atoms with van der Waals surface area (Å²) in [7, 11) is 0. The molecule has 1 aromatic heterocycles. The minimum atomic E-state index is 0.176. The average Bonchev–Trinajstić information content (AvgIpc) is 2.48. The van der Waals surface area contributed by atoms with Gasteiger partial charge in [-0.25, -0.2) is 0 Å². The highest BCUT2D eigenvalue weighted by Crippen LogP contribution is 2.35. The van der Waals surface area contributed by atoms with Crippen LogP contribution in [0.15, 0.2) is 17.5 Å². The fourth-order valence-electron chi connectivity index (χ4n) is 1.27. The first-order valence-electron chi connectivity index (χ1n) is 3.67. The lowest BCUT2D eigenvalue weighted by atomic mass is 10.1. The van der Waals surface area contributed by atoms with Gasteiger partial charge in [-0.15, -0.1) is 11.3 Å². The van der Waals surface area contributed by atoms with Gasteiger partial charge < -0.3 is 10.8 Å². The number of fused-ring (bicyclic) bond motifs is 1. The molecule has 0 saturated heterocycles. The molecule has 66 valence electrons. The van der Waals surface area contributed by atoms with Crippen LogP contribution < -0.4 is 5.73 Å². The van der Waals surface area contributed by atoms with E-state index >= 15 is 0 Å². The summed E-state index contributed by atoms with van der Waals surface area (Å²) >= 11 is 1.37. The van der Waals surface area contributed by atoms with E-state index in [1.54, 1.807) is 17.5 Å². The predicted molar refractivity (Wildman–Crippen MR) is 53.3 cm³/mol. The maximum absolute atomic E-state index is 10.5. The number of carbonyl (C=O) groups is 1. The van der Waals surface area contributed by atoms with Crippen LogP contribution in [0.2, 0.25) is 0 Å². The third kappa shape index (κ3) is 1.15. The van der Waals surface area contributed by atoms with E-state index in [4.69, 9.17) is 5.73 Å². The second-order valence-electron chi connectivity index (χ2n) is 2.72. The van der Waals surface area contributed by atoms with Crippen molar-refractivity contribution in [3.8, 4) is 5.75 Å². The first-order valence-corrected chi connectivity index (χ1v) is 4.55. The quantitative estimate of drug-likeness (QED) is 0.537. The molecular weight excluding hydrogens is 186 g/mol. The molecule has 1 aromatic carbocycles. The van der Waals surface area contributed by atoms with E-state index in [2.05, 4.69) is 0 Å². The number of hydrogen-bond donors (Lipinski definition) is 2. The molecule has 0 saturated carbocycles. The van der Waals surface area contributed by atoms with Gasteiger partial charge in [0.1, 0.15) is 12.0 Å². The minimum absolute atomic E-state index is 0.176. The van der Waals surface area contributed by atoms with E-state index in [9.17, 15) is 9.90 Å². The Morgan fingerprint density at radius 3 is 2.92 bits per heavy atom. The van der Waals surface area contributed by atoms with Crippen LogP contribution in [0, 0.1) is 0 Å². The van der Waals surface area contributed by atoms with Gasteiger partial charge in [-0.2, -0.15) is 0 Å². The summed E-state index contributed by atoms with van der Waals surface area (Å²) in [6, 6.07) is 3.27. The minimum Gasteiger partial charge on any atom is -0.506 e. The molecule has 0 bridgehead atoms. The van der Waals surface area contributed by atoms with Crippen molar-refractivity contribution in [3.63, 3.8) is 0 Å². The van der Waals surface area contributed by atoms with E-state index in [0.29, 0.717) is 16.6 Å². The Morgan fingerprint density at radius 1 is 1.46 bits per heavy atom. The van der Waals surface area contributed by atoms with Crippen LogP contribution in [0.3, 0.4) is 0 Å². The molecule has 0 atom stereocenters. The maximum atomic E-state index is 10.5. The third-order valence-corrected chi connectivity index (χ3v) is 2.76. The number of nitrogen functional groups attached to an aromatic ring is 1. The Labute approximate surface area is 78.4 Å². The summed E-state index contributed by atoms with van der Waals surface area (Å²) < 4.78 is 0.833. The van der Waals surface area contributed by atoms with Gasteiger partial charge in [0, 0.05) is 21.3 Å². The lowest BCUT2D eigenvalue weighted by Crippen LogP contribution is -1.88. The highest BCUT2D eigenvalue weighted by atomic mass is 32.1. The molecule has 0 radical (unpaired) electrons. The molecule has 0 unspecified atom stereocenters. The molecular formula is C9H7NO2S. The van der Waals surface area contributed by atoms with E-state index in [0.717, 1.165) is 11.0 Å². The first kappa shape index (κ1) is 8.07. The Kier molecular flexibility index (Phi) is 1.70.